The molecule has 0 saturated carbocycles. The summed E-state index contributed by atoms with van der Waals surface area (Å²) in [5.74, 6) is 0.422. The van der Waals surface area contributed by atoms with E-state index in [2.05, 4.69) is 16.7 Å². The van der Waals surface area contributed by atoms with Crippen molar-refractivity contribution in [3.05, 3.63) is 53.5 Å². The maximum Gasteiger partial charge on any atom is 0.319 e. The molecule has 116 valence electrons. The summed E-state index contributed by atoms with van der Waals surface area (Å²) in [7, 11) is 0. The van der Waals surface area contributed by atoms with Crippen molar-refractivity contribution >= 4 is 11.7 Å². The number of hydrogen-bond donors (Lipinski definition) is 3. The third-order valence-corrected chi connectivity index (χ3v) is 4.00. The molecule has 1 atom stereocenters. The predicted molar refractivity (Wildman–Crippen MR) is 83.8 cm³/mol. The molecule has 3 N–H and O–H groups in total. The molecule has 0 radical (unpaired) electrons. The van der Waals surface area contributed by atoms with Crippen LogP contribution in [0.5, 0.6) is 0 Å². The lowest BCUT2D eigenvalue weighted by Crippen LogP contribution is -2.40. The minimum absolute atomic E-state index is 0.0668. The molecule has 0 saturated heterocycles. The third-order valence-electron chi connectivity index (χ3n) is 4.00. The summed E-state index contributed by atoms with van der Waals surface area (Å²) in [5, 5.41) is 15.7. The first-order chi connectivity index (χ1) is 10.5. The van der Waals surface area contributed by atoms with E-state index in [1.54, 1.807) is 19.1 Å². The molecular formula is C17H20N2O3. The van der Waals surface area contributed by atoms with E-state index in [1.165, 1.54) is 23.8 Å². The smallest absolute Gasteiger partial charge is 0.319 e. The summed E-state index contributed by atoms with van der Waals surface area (Å²) in [6, 6.07) is 9.04. The number of nitrogens with one attached hydrogen (secondary N) is 2. The van der Waals surface area contributed by atoms with E-state index in [-0.39, 0.29) is 12.6 Å². The quantitative estimate of drug-likeness (QED) is 0.813. The van der Waals surface area contributed by atoms with Crippen LogP contribution in [0.3, 0.4) is 0 Å². The van der Waals surface area contributed by atoms with Crippen molar-refractivity contribution in [2.75, 3.05) is 11.9 Å². The van der Waals surface area contributed by atoms with Gasteiger partial charge in [0.1, 0.15) is 11.4 Å². The average molecular weight is 300 g/mol. The molecule has 5 nitrogen and oxygen atoms in total. The zero-order valence-electron chi connectivity index (χ0n) is 12.6. The normalized spacial score (nSPS) is 15.9. The van der Waals surface area contributed by atoms with E-state index < -0.39 is 5.60 Å². The van der Waals surface area contributed by atoms with Crippen LogP contribution in [0.1, 0.15) is 30.2 Å². The average Bonchev–Trinajstić information content (AvgIpc) is 3.16. The largest absolute Gasteiger partial charge is 0.466 e. The van der Waals surface area contributed by atoms with Crippen molar-refractivity contribution in [3.8, 4) is 0 Å². The van der Waals surface area contributed by atoms with Gasteiger partial charge in [-0.15, -0.1) is 0 Å². The third kappa shape index (κ3) is 3.14. The zero-order chi connectivity index (χ0) is 15.6. The molecule has 2 amide bonds. The minimum atomic E-state index is -1.24. The van der Waals surface area contributed by atoms with E-state index in [4.69, 9.17) is 4.42 Å². The van der Waals surface area contributed by atoms with Gasteiger partial charge >= 0.3 is 6.03 Å². The number of fused-ring (bicyclic) bond motifs is 1. The number of amides is 2. The number of urea groups is 1. The molecule has 3 rings (SSSR count). The molecule has 1 aliphatic rings. The Morgan fingerprint density at radius 1 is 1.32 bits per heavy atom. The second-order valence-corrected chi connectivity index (χ2v) is 5.90. The number of anilines is 1. The summed E-state index contributed by atoms with van der Waals surface area (Å²) < 4.78 is 5.18. The van der Waals surface area contributed by atoms with Crippen LogP contribution in [0.2, 0.25) is 0 Å². The summed E-state index contributed by atoms with van der Waals surface area (Å²) in [6.45, 7) is 1.67. The Hall–Kier alpha value is -2.27. The highest BCUT2D eigenvalue weighted by Gasteiger charge is 2.26. The number of aliphatic hydroxyl groups is 1. The van der Waals surface area contributed by atoms with Crippen molar-refractivity contribution in [1.82, 2.24) is 5.32 Å². The molecule has 1 unspecified atom stereocenters. The lowest BCUT2D eigenvalue weighted by molar-refractivity contribution is 0.0372. The summed E-state index contributed by atoms with van der Waals surface area (Å²) >= 11 is 0. The number of benzene rings is 1. The topological polar surface area (TPSA) is 74.5 Å². The Labute approximate surface area is 129 Å². The second-order valence-electron chi connectivity index (χ2n) is 5.90. The van der Waals surface area contributed by atoms with Gasteiger partial charge in [0.25, 0.3) is 0 Å². The van der Waals surface area contributed by atoms with Crippen LogP contribution >= 0.6 is 0 Å². The minimum Gasteiger partial charge on any atom is -0.466 e. The number of rotatable bonds is 4. The Morgan fingerprint density at radius 3 is 2.91 bits per heavy atom. The number of carbonyl (C=O) groups excluding carboxylic acids is 1. The number of furan rings is 1. The maximum atomic E-state index is 12.0. The van der Waals surface area contributed by atoms with Gasteiger partial charge in [0.2, 0.25) is 0 Å². The number of hydrogen-bond acceptors (Lipinski definition) is 3. The van der Waals surface area contributed by atoms with Crippen LogP contribution in [-0.4, -0.2) is 17.7 Å². The van der Waals surface area contributed by atoms with Crippen LogP contribution in [0.4, 0.5) is 10.5 Å². The standard InChI is InChI=1S/C17H20N2O3/c1-17(21,15-6-3-9-22-15)11-18-16(20)19-14-8-7-12-4-2-5-13(12)10-14/h3,6-10,21H,2,4-5,11H2,1H3,(H2,18,19,20). The molecule has 5 heteroatoms. The summed E-state index contributed by atoms with van der Waals surface area (Å²) in [4.78, 5) is 12.0. The van der Waals surface area contributed by atoms with Crippen molar-refractivity contribution in [1.29, 1.82) is 0 Å². The van der Waals surface area contributed by atoms with Gasteiger partial charge in [-0.2, -0.15) is 0 Å². The Balaban J connectivity index is 1.57. The molecule has 0 spiro atoms. The number of aryl methyl sites for hydroxylation is 2. The molecular weight excluding hydrogens is 280 g/mol. The van der Waals surface area contributed by atoms with Crippen LogP contribution in [-0.2, 0) is 18.4 Å². The Kier molecular flexibility index (Phi) is 3.90. The fraction of sp³-hybridized carbons (Fsp3) is 0.353. The highest BCUT2D eigenvalue weighted by Crippen LogP contribution is 2.25. The lowest BCUT2D eigenvalue weighted by Gasteiger charge is -2.21. The van der Waals surface area contributed by atoms with Gasteiger partial charge in [-0.25, -0.2) is 4.79 Å². The Morgan fingerprint density at radius 2 is 2.14 bits per heavy atom. The van der Waals surface area contributed by atoms with E-state index in [0.717, 1.165) is 18.5 Å². The van der Waals surface area contributed by atoms with E-state index in [0.29, 0.717) is 5.76 Å². The van der Waals surface area contributed by atoms with Gasteiger partial charge in [0.05, 0.1) is 12.8 Å². The molecule has 1 aromatic carbocycles. The van der Waals surface area contributed by atoms with E-state index >= 15 is 0 Å². The first kappa shape index (κ1) is 14.7. The van der Waals surface area contributed by atoms with Crippen molar-refractivity contribution in [2.24, 2.45) is 0 Å². The van der Waals surface area contributed by atoms with Crippen LogP contribution in [0.15, 0.2) is 41.0 Å². The monoisotopic (exact) mass is 300 g/mol. The molecule has 0 fully saturated rings. The molecule has 2 aromatic rings. The molecule has 0 bridgehead atoms. The van der Waals surface area contributed by atoms with Gasteiger partial charge in [-0.1, -0.05) is 6.07 Å². The maximum absolute atomic E-state index is 12.0. The lowest BCUT2D eigenvalue weighted by atomic mass is 10.0. The molecule has 1 aliphatic carbocycles. The zero-order valence-corrected chi connectivity index (χ0v) is 12.6. The molecule has 22 heavy (non-hydrogen) atoms. The molecule has 0 aliphatic heterocycles. The van der Waals surface area contributed by atoms with Gasteiger partial charge in [-0.3, -0.25) is 0 Å². The SMILES string of the molecule is CC(O)(CNC(=O)Nc1ccc2c(c1)CCC2)c1ccco1. The highest BCUT2D eigenvalue weighted by atomic mass is 16.4. The van der Waals surface area contributed by atoms with Gasteiger partial charge in [0, 0.05) is 5.69 Å². The first-order valence-electron chi connectivity index (χ1n) is 7.48. The fourth-order valence-electron chi connectivity index (χ4n) is 2.75. The van der Waals surface area contributed by atoms with Crippen molar-refractivity contribution in [3.63, 3.8) is 0 Å². The molecule has 1 heterocycles. The number of carbonyl (C=O) groups is 1. The predicted octanol–water partition coefficient (Wildman–Crippen LogP) is 2.80. The van der Waals surface area contributed by atoms with Gasteiger partial charge in [0.15, 0.2) is 0 Å². The summed E-state index contributed by atoms with van der Waals surface area (Å²) in [5.41, 5.74) is 2.21. The second kappa shape index (κ2) is 5.85. The highest BCUT2D eigenvalue weighted by molar-refractivity contribution is 5.89. The van der Waals surface area contributed by atoms with E-state index in [9.17, 15) is 9.90 Å². The van der Waals surface area contributed by atoms with E-state index in [1.807, 2.05) is 12.1 Å². The van der Waals surface area contributed by atoms with Crippen LogP contribution in [0, 0.1) is 0 Å². The molecule has 1 aromatic heterocycles. The fourth-order valence-corrected chi connectivity index (χ4v) is 2.75. The van der Waals surface area contributed by atoms with Crippen molar-refractivity contribution in [2.45, 2.75) is 31.8 Å². The van der Waals surface area contributed by atoms with Gasteiger partial charge < -0.3 is 20.2 Å². The van der Waals surface area contributed by atoms with Gasteiger partial charge in [-0.05, 0) is 61.6 Å². The van der Waals surface area contributed by atoms with Crippen molar-refractivity contribution < 1.29 is 14.3 Å². The van der Waals surface area contributed by atoms with Crippen LogP contribution < -0.4 is 10.6 Å². The first-order valence-corrected chi connectivity index (χ1v) is 7.48. The Bertz CT molecular complexity index is 663. The van der Waals surface area contributed by atoms with Crippen LogP contribution in [0.25, 0.3) is 0 Å². The summed E-state index contributed by atoms with van der Waals surface area (Å²) in [6.07, 6.45) is 4.86.